The molecule has 0 saturated carbocycles. The van der Waals surface area contributed by atoms with Crippen LogP contribution in [0.5, 0.6) is 0 Å². The summed E-state index contributed by atoms with van der Waals surface area (Å²) in [5.41, 5.74) is 1.35. The Morgan fingerprint density at radius 2 is 1.96 bits per heavy atom. The van der Waals surface area contributed by atoms with E-state index in [1.807, 2.05) is 36.4 Å². The standard InChI is InChI=1S/C21H23N3O3/c1-14-12-24(13-15(2)26-14)20-8-7-17(10-22-20)21(25)23-11-18-9-16-5-3-4-6-19(16)27-18/h3-10,14-15H,11-13H2,1-2H3,(H,23,25)/t14-,15-/m1/s1. The highest BCUT2D eigenvalue weighted by molar-refractivity contribution is 5.94. The Hall–Kier alpha value is -2.86. The molecule has 0 spiro atoms. The molecule has 0 bridgehead atoms. The third kappa shape index (κ3) is 3.95. The van der Waals surface area contributed by atoms with Crippen molar-refractivity contribution in [2.45, 2.75) is 32.6 Å². The van der Waals surface area contributed by atoms with Gasteiger partial charge in [-0.3, -0.25) is 4.79 Å². The maximum absolute atomic E-state index is 12.4. The van der Waals surface area contributed by atoms with Crippen molar-refractivity contribution >= 4 is 22.7 Å². The summed E-state index contributed by atoms with van der Waals surface area (Å²) >= 11 is 0. The number of carbonyl (C=O) groups excluding carboxylic acids is 1. The van der Waals surface area contributed by atoms with Crippen LogP contribution in [0.4, 0.5) is 5.82 Å². The van der Waals surface area contributed by atoms with Crippen LogP contribution < -0.4 is 10.2 Å². The lowest BCUT2D eigenvalue weighted by molar-refractivity contribution is -0.00546. The summed E-state index contributed by atoms with van der Waals surface area (Å²) in [4.78, 5) is 19.1. The fourth-order valence-corrected chi connectivity index (χ4v) is 3.47. The molecule has 140 valence electrons. The van der Waals surface area contributed by atoms with Crippen LogP contribution in [-0.2, 0) is 11.3 Å². The Kier molecular flexibility index (Phi) is 4.81. The van der Waals surface area contributed by atoms with Crippen LogP contribution in [0.2, 0.25) is 0 Å². The maximum Gasteiger partial charge on any atom is 0.253 e. The zero-order valence-electron chi connectivity index (χ0n) is 15.5. The number of hydrogen-bond acceptors (Lipinski definition) is 5. The number of carbonyl (C=O) groups is 1. The number of aromatic nitrogens is 1. The van der Waals surface area contributed by atoms with Gasteiger partial charge in [0.1, 0.15) is 17.2 Å². The number of anilines is 1. The normalized spacial score (nSPS) is 20.0. The van der Waals surface area contributed by atoms with Crippen LogP contribution >= 0.6 is 0 Å². The van der Waals surface area contributed by atoms with Gasteiger partial charge in [0.2, 0.25) is 0 Å². The van der Waals surface area contributed by atoms with E-state index in [1.165, 1.54) is 0 Å². The summed E-state index contributed by atoms with van der Waals surface area (Å²) in [6.07, 6.45) is 1.96. The monoisotopic (exact) mass is 365 g/mol. The molecule has 1 fully saturated rings. The van der Waals surface area contributed by atoms with Crippen molar-refractivity contribution in [3.8, 4) is 0 Å². The highest BCUT2D eigenvalue weighted by atomic mass is 16.5. The number of furan rings is 1. The third-order valence-electron chi connectivity index (χ3n) is 4.65. The molecule has 1 aliphatic heterocycles. The smallest absolute Gasteiger partial charge is 0.253 e. The lowest BCUT2D eigenvalue weighted by Gasteiger charge is -2.36. The second kappa shape index (κ2) is 7.40. The van der Waals surface area contributed by atoms with E-state index in [0.717, 1.165) is 35.6 Å². The summed E-state index contributed by atoms with van der Waals surface area (Å²) in [5, 5.41) is 3.91. The van der Waals surface area contributed by atoms with Crippen LogP contribution in [0.3, 0.4) is 0 Å². The van der Waals surface area contributed by atoms with E-state index in [9.17, 15) is 4.79 Å². The van der Waals surface area contributed by atoms with Crippen LogP contribution in [-0.4, -0.2) is 36.2 Å². The van der Waals surface area contributed by atoms with Gasteiger partial charge in [0.15, 0.2) is 0 Å². The Morgan fingerprint density at radius 3 is 2.67 bits per heavy atom. The average Bonchev–Trinajstić information content (AvgIpc) is 3.08. The first-order chi connectivity index (χ1) is 13.1. The fourth-order valence-electron chi connectivity index (χ4n) is 3.47. The predicted octanol–water partition coefficient (Wildman–Crippen LogP) is 3.37. The molecule has 27 heavy (non-hydrogen) atoms. The van der Waals surface area contributed by atoms with E-state index in [2.05, 4.69) is 29.0 Å². The molecule has 2 atom stereocenters. The molecule has 1 N–H and O–H groups in total. The van der Waals surface area contributed by atoms with E-state index in [0.29, 0.717) is 12.1 Å². The molecule has 2 aromatic heterocycles. The van der Waals surface area contributed by atoms with Crippen LogP contribution in [0.25, 0.3) is 11.0 Å². The predicted molar refractivity (Wildman–Crippen MR) is 104 cm³/mol. The van der Waals surface area contributed by atoms with Gasteiger partial charge < -0.3 is 19.4 Å². The molecule has 1 amide bonds. The second-order valence-electron chi connectivity index (χ2n) is 7.00. The highest BCUT2D eigenvalue weighted by Gasteiger charge is 2.23. The second-order valence-corrected chi connectivity index (χ2v) is 7.00. The Balaban J connectivity index is 1.38. The average molecular weight is 365 g/mol. The van der Waals surface area contributed by atoms with Crippen molar-refractivity contribution in [1.29, 1.82) is 0 Å². The Morgan fingerprint density at radius 1 is 1.19 bits per heavy atom. The fraction of sp³-hybridized carbons (Fsp3) is 0.333. The number of fused-ring (bicyclic) bond motifs is 1. The largest absolute Gasteiger partial charge is 0.459 e. The molecule has 0 radical (unpaired) electrons. The Bertz CT molecular complexity index is 892. The number of rotatable bonds is 4. The molecule has 6 heteroatoms. The maximum atomic E-state index is 12.4. The van der Waals surface area contributed by atoms with Gasteiger partial charge in [-0.15, -0.1) is 0 Å². The number of para-hydroxylation sites is 1. The van der Waals surface area contributed by atoms with Crippen molar-refractivity contribution in [1.82, 2.24) is 10.3 Å². The van der Waals surface area contributed by atoms with Crippen molar-refractivity contribution in [2.75, 3.05) is 18.0 Å². The number of pyridine rings is 1. The molecule has 1 aromatic carbocycles. The number of ether oxygens (including phenoxy) is 1. The van der Waals surface area contributed by atoms with Crippen molar-refractivity contribution in [3.63, 3.8) is 0 Å². The molecule has 0 unspecified atom stereocenters. The van der Waals surface area contributed by atoms with Gasteiger partial charge in [-0.1, -0.05) is 18.2 Å². The quantitative estimate of drug-likeness (QED) is 0.768. The summed E-state index contributed by atoms with van der Waals surface area (Å²) in [6, 6.07) is 13.4. The van der Waals surface area contributed by atoms with Gasteiger partial charge in [-0.2, -0.15) is 0 Å². The molecular weight excluding hydrogens is 342 g/mol. The van der Waals surface area contributed by atoms with Gasteiger partial charge in [-0.05, 0) is 38.1 Å². The van der Waals surface area contributed by atoms with Crippen LogP contribution in [0, 0.1) is 0 Å². The SMILES string of the molecule is C[C@@H]1CN(c2ccc(C(=O)NCc3cc4ccccc4o3)cn2)C[C@@H](C)O1. The minimum atomic E-state index is -0.168. The number of nitrogens with one attached hydrogen (secondary N) is 1. The number of benzene rings is 1. The molecular formula is C21H23N3O3. The zero-order chi connectivity index (χ0) is 18.8. The molecule has 6 nitrogen and oxygen atoms in total. The summed E-state index contributed by atoms with van der Waals surface area (Å²) in [6.45, 7) is 6.06. The van der Waals surface area contributed by atoms with Crippen molar-refractivity contribution < 1.29 is 13.9 Å². The summed E-state index contributed by atoms with van der Waals surface area (Å²) in [7, 11) is 0. The van der Waals surface area contributed by atoms with Gasteiger partial charge in [0, 0.05) is 24.7 Å². The summed E-state index contributed by atoms with van der Waals surface area (Å²) in [5.74, 6) is 1.43. The van der Waals surface area contributed by atoms with Crippen molar-refractivity contribution in [2.24, 2.45) is 0 Å². The van der Waals surface area contributed by atoms with Crippen LogP contribution in [0.15, 0.2) is 53.1 Å². The lowest BCUT2D eigenvalue weighted by Crippen LogP contribution is -2.45. The highest BCUT2D eigenvalue weighted by Crippen LogP contribution is 2.20. The molecule has 1 saturated heterocycles. The van der Waals surface area contributed by atoms with Gasteiger partial charge in [0.05, 0.1) is 24.3 Å². The zero-order valence-corrected chi connectivity index (χ0v) is 15.5. The number of morpholine rings is 1. The first-order valence-corrected chi connectivity index (χ1v) is 9.20. The van der Waals surface area contributed by atoms with E-state index >= 15 is 0 Å². The van der Waals surface area contributed by atoms with Crippen LogP contribution in [0.1, 0.15) is 30.0 Å². The first-order valence-electron chi connectivity index (χ1n) is 9.20. The molecule has 0 aliphatic carbocycles. The van der Waals surface area contributed by atoms with E-state index in [1.54, 1.807) is 12.3 Å². The number of hydrogen-bond donors (Lipinski definition) is 1. The minimum absolute atomic E-state index is 0.168. The summed E-state index contributed by atoms with van der Waals surface area (Å²) < 4.78 is 11.5. The van der Waals surface area contributed by atoms with Crippen molar-refractivity contribution in [3.05, 3.63) is 60.0 Å². The topological polar surface area (TPSA) is 67.6 Å². The molecule has 3 heterocycles. The molecule has 1 aliphatic rings. The first kappa shape index (κ1) is 17.5. The third-order valence-corrected chi connectivity index (χ3v) is 4.65. The number of amides is 1. The van der Waals surface area contributed by atoms with Gasteiger partial charge >= 0.3 is 0 Å². The minimum Gasteiger partial charge on any atom is -0.459 e. The van der Waals surface area contributed by atoms with E-state index in [-0.39, 0.29) is 18.1 Å². The number of nitrogens with zero attached hydrogens (tertiary/aromatic N) is 2. The van der Waals surface area contributed by atoms with Gasteiger partial charge in [-0.25, -0.2) is 4.98 Å². The molecule has 4 rings (SSSR count). The lowest BCUT2D eigenvalue weighted by atomic mass is 10.2. The Labute approximate surface area is 158 Å². The van der Waals surface area contributed by atoms with E-state index < -0.39 is 0 Å². The van der Waals surface area contributed by atoms with Gasteiger partial charge in [0.25, 0.3) is 5.91 Å². The van der Waals surface area contributed by atoms with E-state index in [4.69, 9.17) is 9.15 Å². The molecule has 3 aromatic rings.